The molecule has 2 aromatic heterocycles. The lowest BCUT2D eigenvalue weighted by Crippen LogP contribution is -2.40. The minimum atomic E-state index is -2.85. The molecule has 3 heterocycles. The van der Waals surface area contributed by atoms with Gasteiger partial charge in [-0.15, -0.1) is 22.7 Å². The van der Waals surface area contributed by atoms with Crippen LogP contribution in [0.2, 0.25) is 0 Å². The second kappa shape index (κ2) is 7.78. The van der Waals surface area contributed by atoms with Crippen molar-refractivity contribution in [2.75, 3.05) is 6.54 Å². The van der Waals surface area contributed by atoms with Crippen molar-refractivity contribution >= 4 is 28.6 Å². The van der Waals surface area contributed by atoms with E-state index in [2.05, 4.69) is 22.2 Å². The van der Waals surface area contributed by atoms with Crippen LogP contribution < -0.4 is 4.74 Å². The standard InChI is InChI=1S/C20H17F2NO2S2/c21-20(22)25-14-5-3-13(4-6-14)12-18(24)23-9-7-16-15(8-11-27-16)19(23)17-2-1-10-26-17/h1-6,8,10-11,19-20H,7,9,12H2. The lowest BCUT2D eigenvalue weighted by Gasteiger charge is -2.35. The van der Waals surface area contributed by atoms with E-state index in [0.29, 0.717) is 6.54 Å². The van der Waals surface area contributed by atoms with E-state index in [-0.39, 0.29) is 24.1 Å². The average molecular weight is 405 g/mol. The number of hydrogen-bond donors (Lipinski definition) is 0. The maximum Gasteiger partial charge on any atom is 0.387 e. The second-order valence-corrected chi connectivity index (χ2v) is 8.23. The fourth-order valence-electron chi connectivity index (χ4n) is 3.40. The van der Waals surface area contributed by atoms with E-state index in [9.17, 15) is 13.6 Å². The summed E-state index contributed by atoms with van der Waals surface area (Å²) in [5.74, 6) is 0.131. The smallest absolute Gasteiger partial charge is 0.387 e. The van der Waals surface area contributed by atoms with Gasteiger partial charge in [0.15, 0.2) is 0 Å². The van der Waals surface area contributed by atoms with Gasteiger partial charge in [-0.05, 0) is 52.6 Å². The summed E-state index contributed by atoms with van der Waals surface area (Å²) in [5, 5.41) is 4.11. The van der Waals surface area contributed by atoms with Gasteiger partial charge in [-0.3, -0.25) is 4.79 Å². The number of amides is 1. The minimum absolute atomic E-state index is 0.0350. The second-order valence-electron chi connectivity index (χ2n) is 6.25. The van der Waals surface area contributed by atoms with Crippen molar-refractivity contribution in [2.45, 2.75) is 25.5 Å². The van der Waals surface area contributed by atoms with Gasteiger partial charge < -0.3 is 9.64 Å². The van der Waals surface area contributed by atoms with Crippen LogP contribution in [-0.2, 0) is 17.6 Å². The first-order chi connectivity index (χ1) is 13.1. The number of ether oxygens (including phenoxy) is 1. The number of rotatable bonds is 5. The highest BCUT2D eigenvalue weighted by atomic mass is 32.1. The summed E-state index contributed by atoms with van der Waals surface area (Å²) in [6.07, 6.45) is 1.10. The lowest BCUT2D eigenvalue weighted by atomic mass is 9.97. The number of hydrogen-bond acceptors (Lipinski definition) is 4. The van der Waals surface area contributed by atoms with Crippen LogP contribution in [0.1, 0.15) is 26.9 Å². The molecule has 140 valence electrons. The van der Waals surface area contributed by atoms with E-state index in [4.69, 9.17) is 0 Å². The SMILES string of the molecule is O=C(Cc1ccc(OC(F)F)cc1)N1CCc2sccc2C1c1cccs1. The molecule has 3 aromatic rings. The van der Waals surface area contributed by atoms with Crippen molar-refractivity contribution in [3.63, 3.8) is 0 Å². The van der Waals surface area contributed by atoms with Crippen LogP contribution in [-0.4, -0.2) is 24.0 Å². The Morgan fingerprint density at radius 1 is 1.15 bits per heavy atom. The molecule has 0 fully saturated rings. The summed E-state index contributed by atoms with van der Waals surface area (Å²) in [7, 11) is 0. The van der Waals surface area contributed by atoms with Gasteiger partial charge in [0.2, 0.25) is 5.91 Å². The molecule has 0 N–H and O–H groups in total. The summed E-state index contributed by atoms with van der Waals surface area (Å²) in [6.45, 7) is -2.17. The average Bonchev–Trinajstić information content (AvgIpc) is 3.33. The molecule has 1 aromatic carbocycles. The molecule has 1 aliphatic heterocycles. The molecule has 1 aliphatic rings. The Morgan fingerprint density at radius 2 is 1.96 bits per heavy atom. The van der Waals surface area contributed by atoms with E-state index in [1.807, 2.05) is 16.3 Å². The predicted octanol–water partition coefficient (Wildman–Crippen LogP) is 5.13. The molecule has 4 rings (SSSR count). The van der Waals surface area contributed by atoms with Crippen molar-refractivity contribution in [3.8, 4) is 5.75 Å². The highest BCUT2D eigenvalue weighted by molar-refractivity contribution is 7.10. The molecule has 1 atom stereocenters. The zero-order valence-corrected chi connectivity index (χ0v) is 15.9. The molecule has 7 heteroatoms. The van der Waals surface area contributed by atoms with Crippen LogP contribution in [0.25, 0.3) is 0 Å². The fraction of sp³-hybridized carbons (Fsp3) is 0.250. The molecule has 0 bridgehead atoms. The monoisotopic (exact) mass is 405 g/mol. The Hall–Kier alpha value is -2.25. The number of alkyl halides is 2. The quantitative estimate of drug-likeness (QED) is 0.589. The largest absolute Gasteiger partial charge is 0.435 e. The normalized spacial score (nSPS) is 16.4. The van der Waals surface area contributed by atoms with Crippen LogP contribution in [0.4, 0.5) is 8.78 Å². The zero-order valence-electron chi connectivity index (χ0n) is 14.3. The molecule has 0 saturated heterocycles. The van der Waals surface area contributed by atoms with Crippen LogP contribution in [0.5, 0.6) is 5.75 Å². The van der Waals surface area contributed by atoms with Crippen molar-refractivity contribution in [1.82, 2.24) is 4.90 Å². The molecule has 0 saturated carbocycles. The van der Waals surface area contributed by atoms with Gasteiger partial charge in [0.25, 0.3) is 0 Å². The molecule has 1 unspecified atom stereocenters. The Balaban J connectivity index is 1.54. The van der Waals surface area contributed by atoms with Crippen molar-refractivity contribution in [1.29, 1.82) is 0 Å². The third-order valence-corrected chi connectivity index (χ3v) is 6.52. The van der Waals surface area contributed by atoms with Gasteiger partial charge in [0, 0.05) is 16.3 Å². The van der Waals surface area contributed by atoms with Crippen LogP contribution in [0.3, 0.4) is 0 Å². The first-order valence-corrected chi connectivity index (χ1v) is 10.3. The van der Waals surface area contributed by atoms with E-state index in [1.54, 1.807) is 34.8 Å². The third kappa shape index (κ3) is 3.89. The van der Waals surface area contributed by atoms with Gasteiger partial charge in [0.1, 0.15) is 5.75 Å². The number of halogens is 2. The van der Waals surface area contributed by atoms with Crippen LogP contribution in [0, 0.1) is 0 Å². The van der Waals surface area contributed by atoms with Gasteiger partial charge in [0.05, 0.1) is 12.5 Å². The van der Waals surface area contributed by atoms with Crippen molar-refractivity contribution in [2.24, 2.45) is 0 Å². The molecule has 0 aliphatic carbocycles. The van der Waals surface area contributed by atoms with Crippen molar-refractivity contribution in [3.05, 3.63) is 74.1 Å². The zero-order chi connectivity index (χ0) is 18.8. The van der Waals surface area contributed by atoms with Gasteiger partial charge in [-0.25, -0.2) is 0 Å². The third-order valence-electron chi connectivity index (χ3n) is 4.60. The Bertz CT molecular complexity index is 906. The highest BCUT2D eigenvalue weighted by Gasteiger charge is 2.33. The maximum atomic E-state index is 13.1. The molecule has 0 spiro atoms. The fourth-order valence-corrected chi connectivity index (χ4v) is 5.16. The Labute approximate surface area is 163 Å². The van der Waals surface area contributed by atoms with Crippen LogP contribution >= 0.6 is 22.7 Å². The first-order valence-electron chi connectivity index (χ1n) is 8.54. The minimum Gasteiger partial charge on any atom is -0.435 e. The molecule has 1 amide bonds. The number of thiophene rings is 2. The van der Waals surface area contributed by atoms with Gasteiger partial charge in [-0.2, -0.15) is 8.78 Å². The van der Waals surface area contributed by atoms with Crippen LogP contribution in [0.15, 0.2) is 53.2 Å². The number of fused-ring (bicyclic) bond motifs is 1. The van der Waals surface area contributed by atoms with E-state index < -0.39 is 6.61 Å². The summed E-state index contributed by atoms with van der Waals surface area (Å²) >= 11 is 3.40. The number of carbonyl (C=O) groups excluding carboxylic acids is 1. The van der Waals surface area contributed by atoms with E-state index in [1.165, 1.54) is 22.6 Å². The maximum absolute atomic E-state index is 13.1. The predicted molar refractivity (Wildman–Crippen MR) is 103 cm³/mol. The Kier molecular flexibility index (Phi) is 5.22. The number of nitrogens with zero attached hydrogens (tertiary/aromatic N) is 1. The topological polar surface area (TPSA) is 29.5 Å². The number of benzene rings is 1. The highest BCUT2D eigenvalue weighted by Crippen LogP contribution is 2.39. The van der Waals surface area contributed by atoms with E-state index >= 15 is 0 Å². The molecule has 3 nitrogen and oxygen atoms in total. The molecule has 27 heavy (non-hydrogen) atoms. The molecule has 0 radical (unpaired) electrons. The summed E-state index contributed by atoms with van der Waals surface area (Å²) < 4.78 is 28.9. The first kappa shape index (κ1) is 18.1. The van der Waals surface area contributed by atoms with Gasteiger partial charge in [-0.1, -0.05) is 18.2 Å². The van der Waals surface area contributed by atoms with Gasteiger partial charge >= 0.3 is 6.61 Å². The van der Waals surface area contributed by atoms with Crippen molar-refractivity contribution < 1.29 is 18.3 Å². The molecular weight excluding hydrogens is 388 g/mol. The Morgan fingerprint density at radius 3 is 2.67 bits per heavy atom. The lowest BCUT2D eigenvalue weighted by molar-refractivity contribution is -0.132. The number of carbonyl (C=O) groups is 1. The molecular formula is C20H17F2NO2S2. The van der Waals surface area contributed by atoms with E-state index in [0.717, 1.165) is 16.9 Å². The summed E-state index contributed by atoms with van der Waals surface area (Å²) in [5.41, 5.74) is 1.99. The summed E-state index contributed by atoms with van der Waals surface area (Å²) in [4.78, 5) is 17.5. The summed E-state index contributed by atoms with van der Waals surface area (Å²) in [6, 6.07) is 12.4.